The fraction of sp³-hybridized carbons (Fsp3) is 0.786. The number of ether oxygens (including phenoxy) is 1. The number of hydrogen-bond donors (Lipinski definition) is 1. The Bertz CT molecular complexity index is 340. The number of aromatic nitrogens is 2. The molecule has 19 heavy (non-hydrogen) atoms. The van der Waals surface area contributed by atoms with E-state index in [4.69, 9.17) is 4.74 Å². The number of nitrogens with one attached hydrogen (secondary N) is 1. The van der Waals surface area contributed by atoms with Gasteiger partial charge < -0.3 is 14.6 Å². The molecule has 0 radical (unpaired) electrons. The van der Waals surface area contributed by atoms with Crippen LogP contribution in [0.1, 0.15) is 26.1 Å². The lowest BCUT2D eigenvalue weighted by atomic mass is 10.3. The number of nitrogens with zero attached hydrogens (tertiary/aromatic N) is 3. The third kappa shape index (κ3) is 6.18. The Hall–Kier alpha value is -0.910. The number of aryl methyl sites for hydroxylation is 1. The largest absolute Gasteiger partial charge is 0.382 e. The summed E-state index contributed by atoms with van der Waals surface area (Å²) in [5.41, 5.74) is 0. The van der Waals surface area contributed by atoms with E-state index in [2.05, 4.69) is 33.7 Å². The molecular formula is C14H28N4O. The lowest BCUT2D eigenvalue weighted by molar-refractivity contribution is 0.144. The van der Waals surface area contributed by atoms with Gasteiger partial charge >= 0.3 is 0 Å². The first-order chi connectivity index (χ1) is 9.15. The molecule has 1 unspecified atom stereocenters. The van der Waals surface area contributed by atoms with Gasteiger partial charge in [-0.05, 0) is 33.9 Å². The molecule has 0 saturated heterocycles. The maximum atomic E-state index is 5.31. The normalized spacial score (nSPS) is 13.1. The molecule has 0 saturated carbocycles. The fourth-order valence-corrected chi connectivity index (χ4v) is 1.84. The summed E-state index contributed by atoms with van der Waals surface area (Å²) in [7, 11) is 4.17. The van der Waals surface area contributed by atoms with Crippen LogP contribution in [-0.2, 0) is 18.3 Å². The van der Waals surface area contributed by atoms with Gasteiger partial charge in [0, 0.05) is 45.2 Å². The van der Waals surface area contributed by atoms with Gasteiger partial charge in [-0.15, -0.1) is 0 Å². The van der Waals surface area contributed by atoms with Crippen molar-refractivity contribution in [2.75, 3.05) is 33.4 Å². The zero-order valence-electron chi connectivity index (χ0n) is 12.7. The van der Waals surface area contributed by atoms with Crippen LogP contribution in [0.15, 0.2) is 12.4 Å². The topological polar surface area (TPSA) is 42.3 Å². The molecule has 0 aliphatic rings. The Kier molecular flexibility index (Phi) is 7.70. The SMILES string of the molecule is CCOCCCNCC(C)N(C)Cc1nccn1C. The van der Waals surface area contributed by atoms with Crippen LogP contribution in [0.2, 0.25) is 0 Å². The molecule has 0 aromatic carbocycles. The van der Waals surface area contributed by atoms with Crippen molar-refractivity contribution in [2.45, 2.75) is 32.9 Å². The molecule has 1 aromatic heterocycles. The average molecular weight is 268 g/mol. The third-order valence-electron chi connectivity index (χ3n) is 3.35. The molecule has 0 amide bonds. The molecular weight excluding hydrogens is 240 g/mol. The highest BCUT2D eigenvalue weighted by atomic mass is 16.5. The lowest BCUT2D eigenvalue weighted by Crippen LogP contribution is -2.38. The molecule has 1 aromatic rings. The van der Waals surface area contributed by atoms with Crippen molar-refractivity contribution in [3.05, 3.63) is 18.2 Å². The number of rotatable bonds is 10. The summed E-state index contributed by atoms with van der Waals surface area (Å²) in [4.78, 5) is 6.67. The monoisotopic (exact) mass is 268 g/mol. The predicted molar refractivity (Wildman–Crippen MR) is 78.1 cm³/mol. The van der Waals surface area contributed by atoms with E-state index < -0.39 is 0 Å². The smallest absolute Gasteiger partial charge is 0.122 e. The summed E-state index contributed by atoms with van der Waals surface area (Å²) < 4.78 is 7.38. The first kappa shape index (κ1) is 16.1. The van der Waals surface area contributed by atoms with Gasteiger partial charge in [-0.1, -0.05) is 0 Å². The minimum atomic E-state index is 0.490. The highest BCUT2D eigenvalue weighted by Crippen LogP contribution is 2.03. The molecule has 0 aliphatic heterocycles. The second-order valence-electron chi connectivity index (χ2n) is 4.97. The summed E-state index contributed by atoms with van der Waals surface area (Å²) in [6.07, 6.45) is 4.91. The van der Waals surface area contributed by atoms with Crippen LogP contribution >= 0.6 is 0 Å². The molecule has 110 valence electrons. The summed E-state index contributed by atoms with van der Waals surface area (Å²) in [5, 5.41) is 3.47. The summed E-state index contributed by atoms with van der Waals surface area (Å²) in [6.45, 7) is 8.81. The van der Waals surface area contributed by atoms with Crippen molar-refractivity contribution in [3.63, 3.8) is 0 Å². The second kappa shape index (κ2) is 9.07. The Morgan fingerprint density at radius 2 is 2.32 bits per heavy atom. The van der Waals surface area contributed by atoms with E-state index >= 15 is 0 Å². The molecule has 0 bridgehead atoms. The molecule has 1 N–H and O–H groups in total. The maximum absolute atomic E-state index is 5.31. The zero-order valence-corrected chi connectivity index (χ0v) is 12.7. The highest BCUT2D eigenvalue weighted by Gasteiger charge is 2.11. The van der Waals surface area contributed by atoms with Crippen LogP contribution in [0.3, 0.4) is 0 Å². The summed E-state index contributed by atoms with van der Waals surface area (Å²) in [6, 6.07) is 0.490. The van der Waals surface area contributed by atoms with Gasteiger partial charge in [0.05, 0.1) is 6.54 Å². The molecule has 1 heterocycles. The van der Waals surface area contributed by atoms with E-state index in [9.17, 15) is 0 Å². The van der Waals surface area contributed by atoms with Crippen LogP contribution in [-0.4, -0.2) is 53.8 Å². The van der Waals surface area contributed by atoms with E-state index in [1.807, 2.05) is 26.4 Å². The van der Waals surface area contributed by atoms with Crippen molar-refractivity contribution in [2.24, 2.45) is 7.05 Å². The molecule has 1 rings (SSSR count). The van der Waals surface area contributed by atoms with Gasteiger partial charge in [-0.25, -0.2) is 4.98 Å². The van der Waals surface area contributed by atoms with Crippen molar-refractivity contribution < 1.29 is 4.74 Å². The molecule has 1 atom stereocenters. The minimum Gasteiger partial charge on any atom is -0.382 e. The van der Waals surface area contributed by atoms with Gasteiger partial charge in [-0.2, -0.15) is 0 Å². The molecule has 5 nitrogen and oxygen atoms in total. The van der Waals surface area contributed by atoms with Crippen molar-refractivity contribution in [3.8, 4) is 0 Å². The minimum absolute atomic E-state index is 0.490. The lowest BCUT2D eigenvalue weighted by Gasteiger charge is -2.24. The molecule has 5 heteroatoms. The maximum Gasteiger partial charge on any atom is 0.122 e. The van der Waals surface area contributed by atoms with Crippen LogP contribution in [0.25, 0.3) is 0 Å². The fourth-order valence-electron chi connectivity index (χ4n) is 1.84. The van der Waals surface area contributed by atoms with E-state index in [0.29, 0.717) is 6.04 Å². The number of imidazole rings is 1. The summed E-state index contributed by atoms with van der Waals surface area (Å²) >= 11 is 0. The van der Waals surface area contributed by atoms with Gasteiger partial charge in [0.1, 0.15) is 5.82 Å². The number of hydrogen-bond acceptors (Lipinski definition) is 4. The third-order valence-corrected chi connectivity index (χ3v) is 3.35. The Labute approximate surface area is 117 Å². The van der Waals surface area contributed by atoms with Gasteiger partial charge in [-0.3, -0.25) is 4.90 Å². The van der Waals surface area contributed by atoms with E-state index in [0.717, 1.165) is 45.1 Å². The van der Waals surface area contributed by atoms with E-state index in [-0.39, 0.29) is 0 Å². The predicted octanol–water partition coefficient (Wildman–Crippen LogP) is 1.26. The standard InChI is InChI=1S/C14H28N4O/c1-5-19-10-6-7-15-11-13(2)18(4)12-14-16-8-9-17(14)3/h8-9,13,15H,5-7,10-12H2,1-4H3. The quantitative estimate of drug-likeness (QED) is 0.649. The Morgan fingerprint density at radius 1 is 1.53 bits per heavy atom. The van der Waals surface area contributed by atoms with E-state index in [1.54, 1.807) is 0 Å². The zero-order chi connectivity index (χ0) is 14.1. The first-order valence-electron chi connectivity index (χ1n) is 7.10. The van der Waals surface area contributed by atoms with Crippen LogP contribution in [0, 0.1) is 0 Å². The van der Waals surface area contributed by atoms with Crippen molar-refractivity contribution in [1.82, 2.24) is 19.8 Å². The Balaban J connectivity index is 2.15. The summed E-state index contributed by atoms with van der Waals surface area (Å²) in [5.74, 6) is 1.10. The molecule has 0 aliphatic carbocycles. The number of likely N-dealkylation sites (N-methyl/N-ethyl adjacent to an activating group) is 1. The van der Waals surface area contributed by atoms with Crippen LogP contribution in [0.5, 0.6) is 0 Å². The highest BCUT2D eigenvalue weighted by molar-refractivity contribution is 4.91. The van der Waals surface area contributed by atoms with Gasteiger partial charge in [0.25, 0.3) is 0 Å². The molecule has 0 fully saturated rings. The van der Waals surface area contributed by atoms with Crippen LogP contribution < -0.4 is 5.32 Å². The Morgan fingerprint density at radius 3 is 2.95 bits per heavy atom. The van der Waals surface area contributed by atoms with Crippen LogP contribution in [0.4, 0.5) is 0 Å². The van der Waals surface area contributed by atoms with Crippen molar-refractivity contribution in [1.29, 1.82) is 0 Å². The first-order valence-corrected chi connectivity index (χ1v) is 7.10. The van der Waals surface area contributed by atoms with Gasteiger partial charge in [0.15, 0.2) is 0 Å². The van der Waals surface area contributed by atoms with Crippen molar-refractivity contribution >= 4 is 0 Å². The van der Waals surface area contributed by atoms with E-state index in [1.165, 1.54) is 0 Å². The average Bonchev–Trinajstić information content (AvgIpc) is 2.79. The molecule has 0 spiro atoms. The van der Waals surface area contributed by atoms with Gasteiger partial charge in [0.2, 0.25) is 0 Å². The second-order valence-corrected chi connectivity index (χ2v) is 4.97.